The van der Waals surface area contributed by atoms with Crippen molar-refractivity contribution in [2.75, 3.05) is 0 Å². The summed E-state index contributed by atoms with van der Waals surface area (Å²) in [5, 5.41) is 2.72. The average Bonchev–Trinajstić information content (AvgIpc) is 3.23. The fraction of sp³-hybridized carbons (Fsp3) is 0.0667. The molecule has 146 valence electrons. The highest BCUT2D eigenvalue weighted by molar-refractivity contribution is 7.26. The second-order valence-corrected chi connectivity index (χ2v) is 9.54. The molecule has 0 bridgehead atoms. The first-order chi connectivity index (χ1) is 15.4. The van der Waals surface area contributed by atoms with Gasteiger partial charge in [-0.15, -0.1) is 11.3 Å². The van der Waals surface area contributed by atoms with Crippen LogP contribution in [0.5, 0.6) is 0 Å². The summed E-state index contributed by atoms with van der Waals surface area (Å²) < 4.78 is 2.74. The van der Waals surface area contributed by atoms with E-state index in [0.717, 1.165) is 0 Å². The minimum Gasteiger partial charge on any atom is -0.135 e. The molecule has 2 aliphatic carbocycles. The Morgan fingerprint density at radius 1 is 0.548 bits per heavy atom. The third-order valence-electron chi connectivity index (χ3n) is 6.87. The van der Waals surface area contributed by atoms with Crippen LogP contribution in [-0.4, -0.2) is 0 Å². The number of hydrogen-bond donors (Lipinski definition) is 0. The molecule has 0 N–H and O–H groups in total. The van der Waals surface area contributed by atoms with Crippen molar-refractivity contribution >= 4 is 31.5 Å². The number of thiophene rings is 1. The second kappa shape index (κ2) is 6.54. The van der Waals surface area contributed by atoms with Crippen molar-refractivity contribution in [2.45, 2.75) is 11.8 Å². The highest BCUT2D eigenvalue weighted by atomic mass is 32.1. The van der Waals surface area contributed by atoms with Crippen LogP contribution >= 0.6 is 11.3 Å². The third kappa shape index (κ3) is 2.47. The Bertz CT molecular complexity index is 1550. The summed E-state index contributed by atoms with van der Waals surface area (Å²) in [6, 6.07) is 31.5. The van der Waals surface area contributed by atoms with Gasteiger partial charge < -0.3 is 0 Å². The van der Waals surface area contributed by atoms with Gasteiger partial charge in [-0.3, -0.25) is 0 Å². The van der Waals surface area contributed by atoms with Gasteiger partial charge in [0.25, 0.3) is 0 Å². The van der Waals surface area contributed by atoms with Crippen LogP contribution in [-0.2, 0) is 0 Å². The van der Waals surface area contributed by atoms with E-state index in [4.69, 9.17) is 0 Å². The maximum atomic E-state index is 2.45. The van der Waals surface area contributed by atoms with Crippen LogP contribution in [0.15, 0.2) is 109 Å². The van der Waals surface area contributed by atoms with Gasteiger partial charge in [-0.2, -0.15) is 0 Å². The second-order valence-electron chi connectivity index (χ2n) is 8.49. The zero-order chi connectivity index (χ0) is 20.4. The molecule has 0 radical (unpaired) electrons. The van der Waals surface area contributed by atoms with Crippen LogP contribution in [0.1, 0.15) is 23.0 Å². The molecule has 1 heterocycles. The van der Waals surface area contributed by atoms with E-state index >= 15 is 0 Å². The minimum absolute atomic E-state index is 0.400. The first kappa shape index (κ1) is 17.3. The summed E-state index contributed by atoms with van der Waals surface area (Å²) in [5.74, 6) is 0.820. The molecule has 2 aliphatic rings. The summed E-state index contributed by atoms with van der Waals surface area (Å²) in [4.78, 5) is 0. The summed E-state index contributed by atoms with van der Waals surface area (Å²) in [5.41, 5.74) is 8.30. The molecule has 0 saturated heterocycles. The van der Waals surface area contributed by atoms with Crippen molar-refractivity contribution in [3.05, 3.63) is 120 Å². The van der Waals surface area contributed by atoms with Crippen LogP contribution < -0.4 is 0 Å². The molecule has 1 aromatic heterocycles. The molecule has 0 spiro atoms. The van der Waals surface area contributed by atoms with Gasteiger partial charge in [-0.05, 0) is 45.5 Å². The van der Waals surface area contributed by atoms with Gasteiger partial charge in [0, 0.05) is 32.0 Å². The van der Waals surface area contributed by atoms with Crippen molar-refractivity contribution in [3.8, 4) is 22.3 Å². The average molecular weight is 413 g/mol. The molecule has 2 atom stereocenters. The van der Waals surface area contributed by atoms with Crippen molar-refractivity contribution in [2.24, 2.45) is 0 Å². The molecule has 31 heavy (non-hydrogen) atoms. The Hall–Kier alpha value is -3.42. The molecular formula is C30H20S. The van der Waals surface area contributed by atoms with E-state index in [1.165, 1.54) is 53.6 Å². The lowest BCUT2D eigenvalue weighted by Crippen LogP contribution is -2.16. The molecule has 0 fully saturated rings. The third-order valence-corrected chi connectivity index (χ3v) is 8.09. The maximum absolute atomic E-state index is 2.45. The molecule has 0 aliphatic heterocycles. The summed E-state index contributed by atoms with van der Waals surface area (Å²) >= 11 is 1.91. The molecule has 0 saturated carbocycles. The van der Waals surface area contributed by atoms with Crippen molar-refractivity contribution in [3.63, 3.8) is 0 Å². The van der Waals surface area contributed by atoms with Gasteiger partial charge in [0.05, 0.1) is 0 Å². The molecule has 2 unspecified atom stereocenters. The van der Waals surface area contributed by atoms with Gasteiger partial charge in [-0.1, -0.05) is 97.1 Å². The highest BCUT2D eigenvalue weighted by Gasteiger charge is 2.31. The molecule has 4 aromatic carbocycles. The predicted molar refractivity (Wildman–Crippen MR) is 134 cm³/mol. The molecule has 0 nitrogen and oxygen atoms in total. The molecule has 7 rings (SSSR count). The van der Waals surface area contributed by atoms with Gasteiger partial charge in [0.1, 0.15) is 0 Å². The van der Waals surface area contributed by atoms with Crippen LogP contribution in [0, 0.1) is 0 Å². The Morgan fingerprint density at radius 3 is 2.19 bits per heavy atom. The monoisotopic (exact) mass is 412 g/mol. The van der Waals surface area contributed by atoms with Gasteiger partial charge in [-0.25, -0.2) is 0 Å². The number of hydrogen-bond acceptors (Lipinski definition) is 1. The SMILES string of the molecule is C1=CC2c3ccccc3-c3ccc(-c4cccc5c4sc4ccccc45)cc3C2C=C1. The van der Waals surface area contributed by atoms with E-state index in [2.05, 4.69) is 109 Å². The first-order valence-corrected chi connectivity index (χ1v) is 11.7. The Morgan fingerprint density at radius 2 is 1.26 bits per heavy atom. The lowest BCUT2D eigenvalue weighted by Gasteiger charge is -2.34. The van der Waals surface area contributed by atoms with E-state index in [1.54, 1.807) is 0 Å². The summed E-state index contributed by atoms with van der Waals surface area (Å²) in [7, 11) is 0. The van der Waals surface area contributed by atoms with Crippen LogP contribution in [0.25, 0.3) is 42.4 Å². The summed E-state index contributed by atoms with van der Waals surface area (Å²) in [6.45, 7) is 0. The van der Waals surface area contributed by atoms with E-state index in [9.17, 15) is 0 Å². The van der Waals surface area contributed by atoms with Gasteiger partial charge in [0.2, 0.25) is 0 Å². The standard InChI is InChI=1S/C30H20S/c1-2-10-23-21(8-1)22-9-3-4-11-24(22)28-18-19(16-17-25(23)28)20-13-7-14-27-26-12-5-6-15-29(26)31-30(20)27/h1-18,22,24H. The van der Waals surface area contributed by atoms with Crippen molar-refractivity contribution in [1.82, 2.24) is 0 Å². The van der Waals surface area contributed by atoms with Gasteiger partial charge >= 0.3 is 0 Å². The molecule has 0 amide bonds. The Kier molecular flexibility index (Phi) is 3.64. The fourth-order valence-corrected chi connectivity index (χ4v) is 6.70. The maximum Gasteiger partial charge on any atom is 0.0433 e. The minimum atomic E-state index is 0.400. The lowest BCUT2D eigenvalue weighted by molar-refractivity contribution is 0.720. The zero-order valence-electron chi connectivity index (χ0n) is 17.0. The molecular weight excluding hydrogens is 392 g/mol. The Balaban J connectivity index is 1.48. The molecule has 5 aromatic rings. The van der Waals surface area contributed by atoms with Crippen LogP contribution in [0.3, 0.4) is 0 Å². The van der Waals surface area contributed by atoms with E-state index in [0.29, 0.717) is 11.8 Å². The van der Waals surface area contributed by atoms with Crippen molar-refractivity contribution in [1.29, 1.82) is 0 Å². The van der Waals surface area contributed by atoms with Crippen molar-refractivity contribution < 1.29 is 0 Å². The van der Waals surface area contributed by atoms with Crippen LogP contribution in [0.4, 0.5) is 0 Å². The zero-order valence-corrected chi connectivity index (χ0v) is 17.8. The smallest absolute Gasteiger partial charge is 0.0433 e. The Labute approximate surface area is 185 Å². The van der Waals surface area contributed by atoms with E-state index < -0.39 is 0 Å². The molecule has 1 heteroatoms. The summed E-state index contributed by atoms with van der Waals surface area (Å²) in [6.07, 6.45) is 9.15. The number of rotatable bonds is 1. The fourth-order valence-electron chi connectivity index (χ4n) is 5.46. The topological polar surface area (TPSA) is 0 Å². The lowest BCUT2D eigenvalue weighted by atomic mass is 9.69. The van der Waals surface area contributed by atoms with Gasteiger partial charge in [0.15, 0.2) is 0 Å². The number of benzene rings is 4. The normalized spacial score (nSPS) is 18.7. The predicted octanol–water partition coefficient (Wildman–Crippen LogP) is 8.70. The largest absolute Gasteiger partial charge is 0.135 e. The number of allylic oxidation sites excluding steroid dienone is 4. The number of fused-ring (bicyclic) bond motifs is 9. The highest BCUT2D eigenvalue weighted by Crippen LogP contribution is 2.50. The first-order valence-electron chi connectivity index (χ1n) is 10.9. The van der Waals surface area contributed by atoms with E-state index in [-0.39, 0.29) is 0 Å². The van der Waals surface area contributed by atoms with E-state index in [1.807, 2.05) is 11.3 Å². The van der Waals surface area contributed by atoms with Crippen LogP contribution in [0.2, 0.25) is 0 Å². The quantitative estimate of drug-likeness (QED) is 0.258.